The summed E-state index contributed by atoms with van der Waals surface area (Å²) in [6, 6.07) is 21.7. The molecule has 1 heterocycles. The minimum Gasteiger partial charge on any atom is -0.419 e. The van der Waals surface area contributed by atoms with Gasteiger partial charge in [-0.25, -0.2) is 12.8 Å². The molecule has 1 atom stereocenters. The van der Waals surface area contributed by atoms with Crippen molar-refractivity contribution in [1.82, 2.24) is 14.9 Å². The average molecular weight is 409 g/mol. The summed E-state index contributed by atoms with van der Waals surface area (Å²) >= 11 is 0. The van der Waals surface area contributed by atoms with E-state index in [1.807, 2.05) is 36.4 Å². The molecule has 3 aromatic carbocycles. The van der Waals surface area contributed by atoms with E-state index in [1.165, 1.54) is 12.1 Å². The smallest absolute Gasteiger partial charge is 0.247 e. The lowest BCUT2D eigenvalue weighted by atomic mass is 10.1. The van der Waals surface area contributed by atoms with Crippen molar-refractivity contribution in [2.45, 2.75) is 10.9 Å². The van der Waals surface area contributed by atoms with Gasteiger partial charge in [-0.1, -0.05) is 48.5 Å². The van der Waals surface area contributed by atoms with Crippen LogP contribution in [0.1, 0.15) is 17.5 Å². The Bertz CT molecular complexity index is 1190. The molecule has 1 N–H and O–H groups in total. The fourth-order valence-electron chi connectivity index (χ4n) is 2.79. The summed E-state index contributed by atoms with van der Waals surface area (Å²) in [5.74, 6) is -0.142. The zero-order valence-corrected chi connectivity index (χ0v) is 15.9. The molecule has 6 nitrogen and oxygen atoms in total. The number of hydrogen-bond donors (Lipinski definition) is 1. The summed E-state index contributed by atoms with van der Waals surface area (Å²) in [5.41, 5.74) is 1.35. The van der Waals surface area contributed by atoms with E-state index in [9.17, 15) is 12.8 Å². The van der Waals surface area contributed by atoms with Gasteiger partial charge < -0.3 is 4.42 Å². The van der Waals surface area contributed by atoms with Crippen molar-refractivity contribution in [2.24, 2.45) is 0 Å². The van der Waals surface area contributed by atoms with Crippen LogP contribution in [0.3, 0.4) is 0 Å². The predicted octanol–water partition coefficient (Wildman–Crippen LogP) is 3.94. The SMILES string of the molecule is O=S(=O)(NC(c1ccccc1)c1nnc(-c2ccccc2)o1)c1ccc(F)cc1. The Kier molecular flexibility index (Phi) is 5.20. The molecular weight excluding hydrogens is 393 g/mol. The summed E-state index contributed by atoms with van der Waals surface area (Å²) in [7, 11) is -3.97. The molecule has 4 rings (SSSR count). The fourth-order valence-corrected chi connectivity index (χ4v) is 3.97. The highest BCUT2D eigenvalue weighted by molar-refractivity contribution is 7.89. The molecule has 4 aromatic rings. The van der Waals surface area contributed by atoms with Crippen LogP contribution in [0.2, 0.25) is 0 Å². The van der Waals surface area contributed by atoms with Gasteiger partial charge in [-0.15, -0.1) is 10.2 Å². The number of sulfonamides is 1. The molecule has 0 amide bonds. The van der Waals surface area contributed by atoms with Crippen LogP contribution in [0.4, 0.5) is 4.39 Å². The molecule has 0 radical (unpaired) electrons. The molecule has 0 fully saturated rings. The predicted molar refractivity (Wildman–Crippen MR) is 105 cm³/mol. The van der Waals surface area contributed by atoms with Gasteiger partial charge >= 0.3 is 0 Å². The highest BCUT2D eigenvalue weighted by Crippen LogP contribution is 2.26. The molecule has 0 saturated heterocycles. The van der Waals surface area contributed by atoms with Gasteiger partial charge in [-0.2, -0.15) is 4.72 Å². The molecule has 146 valence electrons. The molecule has 1 unspecified atom stereocenters. The Balaban J connectivity index is 1.72. The Morgan fingerprint density at radius 1 is 0.828 bits per heavy atom. The summed E-state index contributed by atoms with van der Waals surface area (Å²) in [4.78, 5) is -0.0670. The number of rotatable bonds is 6. The van der Waals surface area contributed by atoms with Gasteiger partial charge in [0, 0.05) is 5.56 Å². The molecule has 0 saturated carbocycles. The molecular formula is C21H16FN3O3S. The first kappa shape index (κ1) is 19.0. The van der Waals surface area contributed by atoms with Crippen molar-refractivity contribution in [3.05, 3.63) is 102 Å². The van der Waals surface area contributed by atoms with Crippen molar-refractivity contribution in [3.8, 4) is 11.5 Å². The second-order valence-electron chi connectivity index (χ2n) is 6.23. The third-order valence-electron chi connectivity index (χ3n) is 4.24. The van der Waals surface area contributed by atoms with Gasteiger partial charge in [0.2, 0.25) is 21.8 Å². The number of hydrogen-bond acceptors (Lipinski definition) is 5. The van der Waals surface area contributed by atoms with E-state index < -0.39 is 21.9 Å². The minimum atomic E-state index is -3.97. The average Bonchev–Trinajstić information content (AvgIpc) is 3.24. The highest BCUT2D eigenvalue weighted by Gasteiger charge is 2.27. The van der Waals surface area contributed by atoms with Gasteiger partial charge in [0.05, 0.1) is 4.90 Å². The van der Waals surface area contributed by atoms with E-state index in [4.69, 9.17) is 4.42 Å². The highest BCUT2D eigenvalue weighted by atomic mass is 32.2. The molecule has 0 spiro atoms. The number of halogens is 1. The first-order chi connectivity index (χ1) is 14.0. The fraction of sp³-hybridized carbons (Fsp3) is 0.0476. The van der Waals surface area contributed by atoms with Gasteiger partial charge in [0.1, 0.15) is 11.9 Å². The van der Waals surface area contributed by atoms with Crippen LogP contribution in [0.5, 0.6) is 0 Å². The number of nitrogens with one attached hydrogen (secondary N) is 1. The third-order valence-corrected chi connectivity index (χ3v) is 5.68. The summed E-state index contributed by atoms with van der Waals surface area (Å²) in [6.07, 6.45) is 0. The summed E-state index contributed by atoms with van der Waals surface area (Å²) < 4.78 is 47.2. The van der Waals surface area contributed by atoms with Crippen LogP contribution >= 0.6 is 0 Å². The normalized spacial score (nSPS) is 12.6. The first-order valence-corrected chi connectivity index (χ1v) is 10.2. The van der Waals surface area contributed by atoms with Crippen molar-refractivity contribution >= 4 is 10.0 Å². The Labute approximate surface area is 167 Å². The second kappa shape index (κ2) is 7.94. The lowest BCUT2D eigenvalue weighted by molar-refractivity contribution is 0.464. The number of aromatic nitrogens is 2. The Morgan fingerprint density at radius 2 is 1.45 bits per heavy atom. The molecule has 0 bridgehead atoms. The molecule has 0 aliphatic heterocycles. The van der Waals surface area contributed by atoms with Crippen molar-refractivity contribution in [1.29, 1.82) is 0 Å². The van der Waals surface area contributed by atoms with E-state index in [0.717, 1.165) is 17.7 Å². The second-order valence-corrected chi connectivity index (χ2v) is 7.94. The van der Waals surface area contributed by atoms with Crippen LogP contribution in [0.15, 0.2) is 94.2 Å². The van der Waals surface area contributed by atoms with Crippen molar-refractivity contribution in [3.63, 3.8) is 0 Å². The molecule has 0 aliphatic rings. The summed E-state index contributed by atoms with van der Waals surface area (Å²) in [5, 5.41) is 8.10. The van der Waals surface area contributed by atoms with E-state index in [1.54, 1.807) is 24.3 Å². The van der Waals surface area contributed by atoms with Crippen molar-refractivity contribution < 1.29 is 17.2 Å². The lowest BCUT2D eigenvalue weighted by Gasteiger charge is -2.16. The van der Waals surface area contributed by atoms with Crippen LogP contribution in [-0.4, -0.2) is 18.6 Å². The van der Waals surface area contributed by atoms with E-state index in [-0.39, 0.29) is 16.7 Å². The van der Waals surface area contributed by atoms with Crippen LogP contribution in [0, 0.1) is 5.82 Å². The lowest BCUT2D eigenvalue weighted by Crippen LogP contribution is -2.29. The zero-order chi connectivity index (χ0) is 20.3. The van der Waals surface area contributed by atoms with Gasteiger partial charge in [0.15, 0.2) is 0 Å². The maximum Gasteiger partial charge on any atom is 0.247 e. The standard InChI is InChI=1S/C21H16FN3O3S/c22-17-11-13-18(14-12-17)29(26,27)25-19(15-7-3-1-4-8-15)21-24-23-20(28-21)16-9-5-2-6-10-16/h1-14,19,25H. The largest absolute Gasteiger partial charge is 0.419 e. The zero-order valence-electron chi connectivity index (χ0n) is 15.1. The number of benzene rings is 3. The topological polar surface area (TPSA) is 85.1 Å². The van der Waals surface area contributed by atoms with Crippen molar-refractivity contribution in [2.75, 3.05) is 0 Å². The molecule has 1 aromatic heterocycles. The Morgan fingerprint density at radius 3 is 2.10 bits per heavy atom. The van der Waals surface area contributed by atoms with Crippen LogP contribution < -0.4 is 4.72 Å². The third kappa shape index (κ3) is 4.23. The molecule has 29 heavy (non-hydrogen) atoms. The minimum absolute atomic E-state index is 0.0670. The van der Waals surface area contributed by atoms with E-state index in [0.29, 0.717) is 5.56 Å². The van der Waals surface area contributed by atoms with Gasteiger partial charge in [-0.3, -0.25) is 0 Å². The number of nitrogens with zero attached hydrogens (tertiary/aromatic N) is 2. The Hall–Kier alpha value is -3.36. The van der Waals surface area contributed by atoms with Gasteiger partial charge in [-0.05, 0) is 42.0 Å². The molecule has 0 aliphatic carbocycles. The molecule has 8 heteroatoms. The van der Waals surface area contributed by atoms with Gasteiger partial charge in [0.25, 0.3) is 0 Å². The van der Waals surface area contributed by atoms with E-state index >= 15 is 0 Å². The van der Waals surface area contributed by atoms with Crippen LogP contribution in [0.25, 0.3) is 11.5 Å². The van der Waals surface area contributed by atoms with Crippen LogP contribution in [-0.2, 0) is 10.0 Å². The first-order valence-electron chi connectivity index (χ1n) is 8.74. The quantitative estimate of drug-likeness (QED) is 0.521. The maximum absolute atomic E-state index is 13.2. The summed E-state index contributed by atoms with van der Waals surface area (Å²) in [6.45, 7) is 0. The monoisotopic (exact) mass is 409 g/mol. The van der Waals surface area contributed by atoms with E-state index in [2.05, 4.69) is 14.9 Å². The maximum atomic E-state index is 13.2.